The van der Waals surface area contributed by atoms with E-state index >= 15 is 0 Å². The van der Waals surface area contributed by atoms with Crippen LogP contribution in [0.25, 0.3) is 0 Å². The van der Waals surface area contributed by atoms with Gasteiger partial charge < -0.3 is 9.84 Å². The molecule has 0 radical (unpaired) electrons. The van der Waals surface area contributed by atoms with Crippen LogP contribution in [0.15, 0.2) is 16.1 Å². The van der Waals surface area contributed by atoms with Crippen molar-refractivity contribution in [2.24, 2.45) is 4.99 Å². The van der Waals surface area contributed by atoms with Crippen molar-refractivity contribution in [3.8, 4) is 0 Å². The summed E-state index contributed by atoms with van der Waals surface area (Å²) in [6.07, 6.45) is 1.51. The van der Waals surface area contributed by atoms with Crippen LogP contribution in [0.4, 0.5) is 0 Å². The van der Waals surface area contributed by atoms with Crippen molar-refractivity contribution in [2.45, 2.75) is 6.92 Å². The van der Waals surface area contributed by atoms with Crippen molar-refractivity contribution >= 4 is 12.2 Å². The number of hydrogen-bond acceptors (Lipinski definition) is 4. The van der Waals surface area contributed by atoms with Gasteiger partial charge in [0.05, 0.1) is 25.3 Å². The quantitative estimate of drug-likeness (QED) is 0.601. The van der Waals surface area contributed by atoms with Crippen LogP contribution in [-0.4, -0.2) is 37.0 Å². The van der Waals surface area contributed by atoms with E-state index in [2.05, 4.69) is 4.99 Å². The van der Waals surface area contributed by atoms with Crippen LogP contribution in [0.2, 0.25) is 0 Å². The first kappa shape index (κ1) is 8.93. The zero-order valence-corrected chi connectivity index (χ0v) is 6.91. The lowest BCUT2D eigenvalue weighted by atomic mass is 10.2. The predicted molar refractivity (Wildman–Crippen MR) is 44.1 cm³/mol. The summed E-state index contributed by atoms with van der Waals surface area (Å²) < 4.78 is 4.77. The summed E-state index contributed by atoms with van der Waals surface area (Å²) >= 11 is 0. The smallest absolute Gasteiger partial charge is 0.336 e. The average Bonchev–Trinajstić information content (AvgIpc) is 2.51. The lowest BCUT2D eigenvalue weighted by Gasteiger charge is -2.02. The molecule has 0 unspecified atom stereocenters. The Bertz CT molecular complexity index is 243. The van der Waals surface area contributed by atoms with Gasteiger partial charge in [0.1, 0.15) is 0 Å². The maximum atomic E-state index is 11.1. The summed E-state index contributed by atoms with van der Waals surface area (Å²) in [5, 5.41) is 8.80. The second kappa shape index (κ2) is 4.01. The van der Waals surface area contributed by atoms with E-state index in [0.717, 1.165) is 0 Å². The van der Waals surface area contributed by atoms with Gasteiger partial charge in [0.2, 0.25) is 0 Å². The van der Waals surface area contributed by atoms with Crippen molar-refractivity contribution in [1.82, 2.24) is 0 Å². The summed E-state index contributed by atoms with van der Waals surface area (Å²) in [6, 6.07) is 0. The lowest BCUT2D eigenvalue weighted by Crippen LogP contribution is -2.11. The minimum absolute atomic E-state index is 0.155. The van der Waals surface area contributed by atoms with Crippen molar-refractivity contribution < 1.29 is 14.6 Å². The monoisotopic (exact) mass is 169 g/mol. The average molecular weight is 169 g/mol. The Morgan fingerprint density at radius 3 is 3.17 bits per heavy atom. The third-order valence-corrected chi connectivity index (χ3v) is 1.58. The van der Waals surface area contributed by atoms with Gasteiger partial charge in [-0.05, 0) is 6.92 Å². The fourth-order valence-electron chi connectivity index (χ4n) is 0.977. The van der Waals surface area contributed by atoms with Gasteiger partial charge in [-0.2, -0.15) is 0 Å². The van der Waals surface area contributed by atoms with Crippen molar-refractivity contribution in [3.05, 3.63) is 11.1 Å². The summed E-state index contributed by atoms with van der Waals surface area (Å²) in [5.74, 6) is -0.376. The van der Waals surface area contributed by atoms with E-state index in [1.807, 2.05) is 0 Å². The highest BCUT2D eigenvalue weighted by Gasteiger charge is 2.17. The molecule has 0 fully saturated rings. The molecule has 0 aromatic rings. The number of carbonyl (C=O) groups excluding carboxylic acids is 1. The number of carbonyl (C=O) groups is 1. The highest BCUT2D eigenvalue weighted by molar-refractivity contribution is 5.99. The topological polar surface area (TPSA) is 58.9 Å². The first-order valence-electron chi connectivity index (χ1n) is 3.79. The maximum Gasteiger partial charge on any atom is 0.336 e. The molecule has 1 N–H and O–H groups in total. The Morgan fingerprint density at radius 1 is 1.83 bits per heavy atom. The molecular formula is C8H11NO3. The summed E-state index contributed by atoms with van der Waals surface area (Å²) in [6.45, 7) is 2.26. The van der Waals surface area contributed by atoms with Gasteiger partial charge in [-0.15, -0.1) is 0 Å². The van der Waals surface area contributed by atoms with Crippen molar-refractivity contribution in [2.75, 3.05) is 19.8 Å². The number of hydrogen-bond donors (Lipinski definition) is 1. The second-order valence-electron chi connectivity index (χ2n) is 2.35. The fraction of sp³-hybridized carbons (Fsp3) is 0.500. The summed E-state index contributed by atoms with van der Waals surface area (Å²) in [4.78, 5) is 15.0. The van der Waals surface area contributed by atoms with E-state index in [0.29, 0.717) is 24.3 Å². The highest BCUT2D eigenvalue weighted by atomic mass is 16.5. The molecule has 0 aromatic carbocycles. The first-order valence-corrected chi connectivity index (χ1v) is 3.79. The normalized spacial score (nSPS) is 15.5. The van der Waals surface area contributed by atoms with Crippen LogP contribution < -0.4 is 0 Å². The standard InChI is InChI=1S/C8H11NO3/c1-2-12-8(11)7-4-9-3-6(7)5-10/h3,10H,2,4-5H2,1H3. The van der Waals surface area contributed by atoms with Gasteiger partial charge in [-0.3, -0.25) is 4.99 Å². The van der Waals surface area contributed by atoms with Crippen LogP contribution >= 0.6 is 0 Å². The molecule has 1 aliphatic rings. The molecule has 0 bridgehead atoms. The van der Waals surface area contributed by atoms with Gasteiger partial charge in [0.25, 0.3) is 0 Å². The Kier molecular flexibility index (Phi) is 2.99. The number of rotatable bonds is 3. The molecule has 0 saturated carbocycles. The number of aliphatic hydroxyl groups excluding tert-OH is 1. The van der Waals surface area contributed by atoms with Crippen LogP contribution in [0, 0.1) is 0 Å². The molecule has 0 atom stereocenters. The second-order valence-corrected chi connectivity index (χ2v) is 2.35. The van der Waals surface area contributed by atoms with Crippen LogP contribution in [0.3, 0.4) is 0 Å². The van der Waals surface area contributed by atoms with Gasteiger partial charge in [-0.1, -0.05) is 0 Å². The Hall–Kier alpha value is -1.16. The molecule has 4 nitrogen and oxygen atoms in total. The summed E-state index contributed by atoms with van der Waals surface area (Å²) in [7, 11) is 0. The molecule has 12 heavy (non-hydrogen) atoms. The molecule has 1 heterocycles. The minimum Gasteiger partial charge on any atom is -0.463 e. The zero-order chi connectivity index (χ0) is 8.97. The Morgan fingerprint density at radius 2 is 2.58 bits per heavy atom. The van der Waals surface area contributed by atoms with Gasteiger partial charge in [0, 0.05) is 11.8 Å². The Balaban J connectivity index is 2.68. The van der Waals surface area contributed by atoms with Crippen LogP contribution in [0.1, 0.15) is 6.92 Å². The van der Waals surface area contributed by atoms with E-state index in [-0.39, 0.29) is 12.6 Å². The predicted octanol–water partition coefficient (Wildman–Crippen LogP) is -0.0772. The van der Waals surface area contributed by atoms with E-state index in [1.165, 1.54) is 6.21 Å². The third kappa shape index (κ3) is 1.71. The molecule has 0 amide bonds. The van der Waals surface area contributed by atoms with Crippen molar-refractivity contribution in [3.63, 3.8) is 0 Å². The molecule has 1 rings (SSSR count). The first-order chi connectivity index (χ1) is 5.79. The zero-order valence-electron chi connectivity index (χ0n) is 6.91. The molecule has 0 aliphatic carbocycles. The SMILES string of the molecule is CCOC(=O)C1=C(CO)C=NC1. The molecule has 4 heteroatoms. The molecule has 0 saturated heterocycles. The van der Waals surface area contributed by atoms with E-state index < -0.39 is 0 Å². The fourth-order valence-corrected chi connectivity index (χ4v) is 0.977. The summed E-state index contributed by atoms with van der Waals surface area (Å²) in [5.41, 5.74) is 1.04. The van der Waals surface area contributed by atoms with E-state index in [1.54, 1.807) is 6.92 Å². The lowest BCUT2D eigenvalue weighted by molar-refractivity contribution is -0.138. The largest absolute Gasteiger partial charge is 0.463 e. The Labute approximate surface area is 70.6 Å². The third-order valence-electron chi connectivity index (χ3n) is 1.58. The number of nitrogens with zero attached hydrogens (tertiary/aromatic N) is 1. The number of aliphatic hydroxyl groups is 1. The van der Waals surface area contributed by atoms with Gasteiger partial charge in [-0.25, -0.2) is 4.79 Å². The van der Waals surface area contributed by atoms with Gasteiger partial charge >= 0.3 is 5.97 Å². The van der Waals surface area contributed by atoms with Crippen LogP contribution in [0.5, 0.6) is 0 Å². The van der Waals surface area contributed by atoms with E-state index in [4.69, 9.17) is 9.84 Å². The molecule has 1 aliphatic heterocycles. The molecule has 66 valence electrons. The maximum absolute atomic E-state index is 11.1. The van der Waals surface area contributed by atoms with Crippen LogP contribution in [-0.2, 0) is 9.53 Å². The van der Waals surface area contributed by atoms with Gasteiger partial charge in [0.15, 0.2) is 0 Å². The molecular weight excluding hydrogens is 158 g/mol. The molecule has 0 aromatic heterocycles. The van der Waals surface area contributed by atoms with Crippen molar-refractivity contribution in [1.29, 1.82) is 0 Å². The van der Waals surface area contributed by atoms with E-state index in [9.17, 15) is 4.79 Å². The minimum atomic E-state index is -0.376. The molecule has 0 spiro atoms. The number of esters is 1. The number of ether oxygens (including phenoxy) is 1. The highest BCUT2D eigenvalue weighted by Crippen LogP contribution is 2.10. The number of aliphatic imine (C=N–C) groups is 1.